The monoisotopic (exact) mass is 333 g/mol. The van der Waals surface area contributed by atoms with Gasteiger partial charge in [-0.25, -0.2) is 0 Å². The maximum absolute atomic E-state index is 12.6. The zero-order valence-corrected chi connectivity index (χ0v) is 14.3. The van der Waals surface area contributed by atoms with Crippen LogP contribution in [0.3, 0.4) is 0 Å². The Morgan fingerprint density at radius 1 is 1.25 bits per heavy atom. The number of benzene rings is 1. The van der Waals surface area contributed by atoms with Crippen LogP contribution in [-0.4, -0.2) is 38.1 Å². The van der Waals surface area contributed by atoms with Crippen LogP contribution in [0, 0.1) is 5.41 Å². The number of amides is 2. The SMILES string of the molecule is CCCNC(=O)c1cccc(CNC(=O)C2(CN)CCOCC2)c1. The van der Waals surface area contributed by atoms with E-state index in [9.17, 15) is 9.59 Å². The van der Waals surface area contributed by atoms with Crippen LogP contribution in [0.1, 0.15) is 42.1 Å². The highest BCUT2D eigenvalue weighted by molar-refractivity contribution is 5.94. The number of rotatable bonds is 7. The lowest BCUT2D eigenvalue weighted by Crippen LogP contribution is -2.48. The van der Waals surface area contributed by atoms with Crippen molar-refractivity contribution in [1.29, 1.82) is 0 Å². The van der Waals surface area contributed by atoms with Gasteiger partial charge in [0.15, 0.2) is 0 Å². The average molecular weight is 333 g/mol. The van der Waals surface area contributed by atoms with E-state index in [-0.39, 0.29) is 11.8 Å². The third-order valence-electron chi connectivity index (χ3n) is 4.50. The molecule has 0 aromatic heterocycles. The van der Waals surface area contributed by atoms with Crippen molar-refractivity contribution in [1.82, 2.24) is 10.6 Å². The molecule has 6 heteroatoms. The molecular weight excluding hydrogens is 306 g/mol. The van der Waals surface area contributed by atoms with E-state index in [0.717, 1.165) is 12.0 Å². The molecule has 132 valence electrons. The molecule has 4 N–H and O–H groups in total. The van der Waals surface area contributed by atoms with E-state index in [2.05, 4.69) is 10.6 Å². The fourth-order valence-corrected chi connectivity index (χ4v) is 2.82. The molecule has 0 atom stereocenters. The second-order valence-corrected chi connectivity index (χ2v) is 6.24. The third-order valence-corrected chi connectivity index (χ3v) is 4.50. The van der Waals surface area contributed by atoms with Crippen molar-refractivity contribution in [3.63, 3.8) is 0 Å². The Morgan fingerprint density at radius 2 is 2.00 bits per heavy atom. The summed E-state index contributed by atoms with van der Waals surface area (Å²) in [4.78, 5) is 24.6. The van der Waals surface area contributed by atoms with E-state index >= 15 is 0 Å². The molecule has 2 amide bonds. The lowest BCUT2D eigenvalue weighted by Gasteiger charge is -2.34. The van der Waals surface area contributed by atoms with Crippen LogP contribution in [0.15, 0.2) is 24.3 Å². The zero-order valence-electron chi connectivity index (χ0n) is 14.3. The first-order valence-corrected chi connectivity index (χ1v) is 8.54. The topological polar surface area (TPSA) is 93.5 Å². The van der Waals surface area contributed by atoms with Gasteiger partial charge < -0.3 is 21.1 Å². The van der Waals surface area contributed by atoms with Crippen LogP contribution in [0.25, 0.3) is 0 Å². The number of carbonyl (C=O) groups excluding carboxylic acids is 2. The second kappa shape index (κ2) is 8.80. The van der Waals surface area contributed by atoms with Gasteiger partial charge in [-0.05, 0) is 37.0 Å². The number of ether oxygens (including phenoxy) is 1. The highest BCUT2D eigenvalue weighted by atomic mass is 16.5. The summed E-state index contributed by atoms with van der Waals surface area (Å²) in [5.74, 6) is -0.123. The van der Waals surface area contributed by atoms with Crippen molar-refractivity contribution in [2.24, 2.45) is 11.1 Å². The van der Waals surface area contributed by atoms with Gasteiger partial charge in [0, 0.05) is 38.4 Å². The van der Waals surface area contributed by atoms with Gasteiger partial charge in [-0.3, -0.25) is 9.59 Å². The second-order valence-electron chi connectivity index (χ2n) is 6.24. The maximum atomic E-state index is 12.6. The van der Waals surface area contributed by atoms with Gasteiger partial charge >= 0.3 is 0 Å². The van der Waals surface area contributed by atoms with E-state index in [4.69, 9.17) is 10.5 Å². The Bertz CT molecular complexity index is 568. The van der Waals surface area contributed by atoms with E-state index < -0.39 is 5.41 Å². The maximum Gasteiger partial charge on any atom is 0.251 e. The summed E-state index contributed by atoms with van der Waals surface area (Å²) in [6.45, 7) is 4.50. The molecule has 0 saturated carbocycles. The Hall–Kier alpha value is -1.92. The minimum absolute atomic E-state index is 0.0332. The predicted molar refractivity (Wildman–Crippen MR) is 92.5 cm³/mol. The van der Waals surface area contributed by atoms with E-state index in [1.807, 2.05) is 25.1 Å². The van der Waals surface area contributed by atoms with Gasteiger partial charge in [-0.15, -0.1) is 0 Å². The van der Waals surface area contributed by atoms with Crippen molar-refractivity contribution >= 4 is 11.8 Å². The van der Waals surface area contributed by atoms with E-state index in [0.29, 0.717) is 51.3 Å². The van der Waals surface area contributed by atoms with Gasteiger partial charge in [0.1, 0.15) is 0 Å². The molecule has 0 spiro atoms. The molecule has 1 heterocycles. The minimum atomic E-state index is -0.533. The van der Waals surface area contributed by atoms with Crippen LogP contribution < -0.4 is 16.4 Å². The van der Waals surface area contributed by atoms with Crippen molar-refractivity contribution in [2.75, 3.05) is 26.3 Å². The minimum Gasteiger partial charge on any atom is -0.381 e. The molecule has 0 unspecified atom stereocenters. The molecule has 6 nitrogen and oxygen atoms in total. The normalized spacial score (nSPS) is 16.4. The fourth-order valence-electron chi connectivity index (χ4n) is 2.82. The largest absolute Gasteiger partial charge is 0.381 e. The molecule has 1 aliphatic heterocycles. The Kier molecular flexibility index (Phi) is 6.75. The standard InChI is InChI=1S/C18H27N3O3/c1-2-8-20-16(22)15-5-3-4-14(11-15)12-21-17(23)18(13-19)6-9-24-10-7-18/h3-5,11H,2,6-10,12-13,19H2,1H3,(H,20,22)(H,21,23). The molecule has 0 radical (unpaired) electrons. The first-order chi connectivity index (χ1) is 11.6. The molecule has 1 fully saturated rings. The Morgan fingerprint density at radius 3 is 2.67 bits per heavy atom. The summed E-state index contributed by atoms with van der Waals surface area (Å²) < 4.78 is 5.33. The Balaban J connectivity index is 1.96. The van der Waals surface area contributed by atoms with Gasteiger partial charge in [0.25, 0.3) is 5.91 Å². The fraction of sp³-hybridized carbons (Fsp3) is 0.556. The zero-order chi connectivity index (χ0) is 17.4. The highest BCUT2D eigenvalue weighted by Gasteiger charge is 2.38. The quantitative estimate of drug-likeness (QED) is 0.699. The molecule has 24 heavy (non-hydrogen) atoms. The molecular formula is C18H27N3O3. The molecule has 2 rings (SSSR count). The van der Waals surface area contributed by atoms with Crippen molar-refractivity contribution < 1.29 is 14.3 Å². The number of hydrogen-bond donors (Lipinski definition) is 3. The number of nitrogens with one attached hydrogen (secondary N) is 2. The first kappa shape index (κ1) is 18.4. The van der Waals surface area contributed by atoms with Crippen molar-refractivity contribution in [3.05, 3.63) is 35.4 Å². The number of hydrogen-bond acceptors (Lipinski definition) is 4. The predicted octanol–water partition coefficient (Wildman–Crippen LogP) is 1.20. The Labute approximate surface area is 143 Å². The van der Waals surface area contributed by atoms with Crippen LogP contribution >= 0.6 is 0 Å². The molecule has 1 aliphatic rings. The first-order valence-electron chi connectivity index (χ1n) is 8.54. The van der Waals surface area contributed by atoms with Crippen molar-refractivity contribution in [2.45, 2.75) is 32.7 Å². The number of carbonyl (C=O) groups is 2. The smallest absolute Gasteiger partial charge is 0.251 e. The summed E-state index contributed by atoms with van der Waals surface area (Å²) >= 11 is 0. The van der Waals surface area contributed by atoms with E-state index in [1.54, 1.807) is 6.07 Å². The van der Waals surface area contributed by atoms with Crippen molar-refractivity contribution in [3.8, 4) is 0 Å². The molecule has 0 aliphatic carbocycles. The van der Waals surface area contributed by atoms with Gasteiger partial charge in [-0.1, -0.05) is 19.1 Å². The summed E-state index contributed by atoms with van der Waals surface area (Å²) in [5, 5.41) is 5.81. The summed E-state index contributed by atoms with van der Waals surface area (Å²) in [6.07, 6.45) is 2.19. The lowest BCUT2D eigenvalue weighted by molar-refractivity contribution is -0.136. The summed E-state index contributed by atoms with van der Waals surface area (Å²) in [7, 11) is 0. The van der Waals surface area contributed by atoms with E-state index in [1.165, 1.54) is 0 Å². The molecule has 1 saturated heterocycles. The summed E-state index contributed by atoms with van der Waals surface area (Å²) in [6, 6.07) is 7.31. The van der Waals surface area contributed by atoms with Gasteiger partial charge in [0.05, 0.1) is 5.41 Å². The van der Waals surface area contributed by atoms with Gasteiger partial charge in [-0.2, -0.15) is 0 Å². The van der Waals surface area contributed by atoms with Crippen LogP contribution in [0.2, 0.25) is 0 Å². The third kappa shape index (κ3) is 4.55. The molecule has 0 bridgehead atoms. The van der Waals surface area contributed by atoms with Gasteiger partial charge in [0.2, 0.25) is 5.91 Å². The molecule has 1 aromatic rings. The molecule has 1 aromatic carbocycles. The average Bonchev–Trinajstić information content (AvgIpc) is 2.64. The number of nitrogens with two attached hydrogens (primary N) is 1. The van der Waals surface area contributed by atoms with Crippen LogP contribution in [0.4, 0.5) is 0 Å². The summed E-state index contributed by atoms with van der Waals surface area (Å²) in [5.41, 5.74) is 6.82. The van der Waals surface area contributed by atoms with Crippen LogP contribution in [0.5, 0.6) is 0 Å². The lowest BCUT2D eigenvalue weighted by atomic mass is 9.79. The van der Waals surface area contributed by atoms with Crippen LogP contribution in [-0.2, 0) is 16.1 Å². The highest BCUT2D eigenvalue weighted by Crippen LogP contribution is 2.29.